The molecule has 2 atom stereocenters. The molecule has 0 aliphatic heterocycles. The lowest BCUT2D eigenvalue weighted by Crippen LogP contribution is -2.33. The smallest absolute Gasteiger partial charge is 0.307 e. The molecule has 0 aliphatic carbocycles. The van der Waals surface area contributed by atoms with Gasteiger partial charge in [-0.05, 0) is 47.6 Å². The maximum absolute atomic E-state index is 12.0. The average molecular weight is 430 g/mol. The van der Waals surface area contributed by atoms with Crippen LogP contribution in [0, 0.1) is 18.3 Å². The minimum atomic E-state index is -1.09. The summed E-state index contributed by atoms with van der Waals surface area (Å²) in [6, 6.07) is 25.3. The molecule has 0 fully saturated rings. The van der Waals surface area contributed by atoms with E-state index in [0.717, 1.165) is 35.1 Å². The zero-order chi connectivity index (χ0) is 22.9. The van der Waals surface area contributed by atoms with Crippen molar-refractivity contribution in [3.8, 4) is 11.1 Å². The van der Waals surface area contributed by atoms with Crippen molar-refractivity contribution < 1.29 is 19.8 Å². The zero-order valence-electron chi connectivity index (χ0n) is 18.3. The Hall–Kier alpha value is -3.53. The van der Waals surface area contributed by atoms with E-state index in [0.29, 0.717) is 0 Å². The van der Waals surface area contributed by atoms with Crippen molar-refractivity contribution in [3.05, 3.63) is 102 Å². The van der Waals surface area contributed by atoms with Gasteiger partial charge in [0.25, 0.3) is 0 Å². The minimum Gasteiger partial charge on any atom is -0.481 e. The van der Waals surface area contributed by atoms with Crippen molar-refractivity contribution in [2.45, 2.75) is 32.6 Å². The second-order valence-electron chi connectivity index (χ2n) is 8.08. The van der Waals surface area contributed by atoms with E-state index in [1.54, 1.807) is 0 Å². The van der Waals surface area contributed by atoms with Gasteiger partial charge in [0, 0.05) is 0 Å². The number of hydrogen-bond donors (Lipinski definition) is 2. The average Bonchev–Trinajstić information content (AvgIpc) is 2.81. The van der Waals surface area contributed by atoms with E-state index in [-0.39, 0.29) is 12.8 Å². The molecule has 0 aliphatic rings. The Bertz CT molecular complexity index is 1010. The van der Waals surface area contributed by atoms with Crippen molar-refractivity contribution >= 4 is 11.9 Å². The lowest BCUT2D eigenvalue weighted by atomic mass is 9.82. The highest BCUT2D eigenvalue weighted by Crippen LogP contribution is 2.26. The fourth-order valence-corrected chi connectivity index (χ4v) is 3.90. The van der Waals surface area contributed by atoms with Crippen molar-refractivity contribution in [1.29, 1.82) is 0 Å². The molecule has 32 heavy (non-hydrogen) atoms. The van der Waals surface area contributed by atoms with E-state index in [9.17, 15) is 19.8 Å². The number of unbranched alkanes of at least 4 members (excludes halogenated alkanes) is 1. The van der Waals surface area contributed by atoms with Gasteiger partial charge in [-0.3, -0.25) is 9.59 Å². The molecular weight excluding hydrogens is 400 g/mol. The fraction of sp³-hybridized carbons (Fsp3) is 0.250. The van der Waals surface area contributed by atoms with Crippen LogP contribution >= 0.6 is 0 Å². The Morgan fingerprint density at radius 1 is 0.688 bits per heavy atom. The van der Waals surface area contributed by atoms with Crippen molar-refractivity contribution in [2.24, 2.45) is 11.8 Å². The number of carboxylic acids is 2. The van der Waals surface area contributed by atoms with Gasteiger partial charge in [-0.25, -0.2) is 0 Å². The molecule has 3 rings (SSSR count). The highest BCUT2D eigenvalue weighted by molar-refractivity contribution is 5.80. The number of benzene rings is 3. The number of hydrogen-bond acceptors (Lipinski definition) is 2. The summed E-state index contributed by atoms with van der Waals surface area (Å²) in [6.45, 7) is 2.13. The first kappa shape index (κ1) is 23.1. The summed E-state index contributed by atoms with van der Waals surface area (Å²) < 4.78 is 0. The predicted octanol–water partition coefficient (Wildman–Crippen LogP) is 5.70. The van der Waals surface area contributed by atoms with E-state index >= 15 is 0 Å². The molecule has 0 amide bonds. The molecule has 2 N–H and O–H groups in total. The molecule has 4 heteroatoms. The lowest BCUT2D eigenvalue weighted by molar-refractivity contribution is -0.153. The molecule has 0 bridgehead atoms. The quantitative estimate of drug-likeness (QED) is 0.384. The van der Waals surface area contributed by atoms with Crippen LogP contribution in [0.2, 0.25) is 0 Å². The van der Waals surface area contributed by atoms with Crippen LogP contribution in [-0.4, -0.2) is 22.2 Å². The van der Waals surface area contributed by atoms with Gasteiger partial charge in [-0.2, -0.15) is 0 Å². The molecular formula is C28H29O4+. The van der Waals surface area contributed by atoms with Crippen LogP contribution in [0.1, 0.15) is 30.0 Å². The summed E-state index contributed by atoms with van der Waals surface area (Å²) in [5, 5.41) is 19.5. The lowest BCUT2D eigenvalue weighted by Gasteiger charge is -2.21. The SMILES string of the molecule is CC[CH+]Cc1ccc(-c2ccc(C[C@H](C(=O)O)[C@H](Cc3ccccc3)C(=O)O)cc2)cc1. The molecule has 3 aromatic carbocycles. The van der Waals surface area contributed by atoms with Crippen molar-refractivity contribution in [2.75, 3.05) is 0 Å². The Labute approximate surface area is 189 Å². The zero-order valence-corrected chi connectivity index (χ0v) is 18.3. The van der Waals surface area contributed by atoms with Gasteiger partial charge in [0.2, 0.25) is 0 Å². The third-order valence-corrected chi connectivity index (χ3v) is 5.78. The monoisotopic (exact) mass is 429 g/mol. The first-order valence-electron chi connectivity index (χ1n) is 11.0. The summed E-state index contributed by atoms with van der Waals surface area (Å²) in [5.41, 5.74) is 5.05. The first-order chi connectivity index (χ1) is 15.5. The minimum absolute atomic E-state index is 0.172. The summed E-state index contributed by atoms with van der Waals surface area (Å²) in [6.07, 6.45) is 4.61. The molecule has 0 unspecified atom stereocenters. The topological polar surface area (TPSA) is 74.6 Å². The van der Waals surface area contributed by atoms with E-state index in [2.05, 4.69) is 37.6 Å². The highest BCUT2D eigenvalue weighted by Gasteiger charge is 2.34. The molecule has 4 nitrogen and oxygen atoms in total. The number of rotatable bonds is 11. The second-order valence-corrected chi connectivity index (χ2v) is 8.08. The van der Waals surface area contributed by atoms with Crippen molar-refractivity contribution in [3.63, 3.8) is 0 Å². The van der Waals surface area contributed by atoms with Crippen LogP contribution in [0.3, 0.4) is 0 Å². The molecule has 0 aromatic heterocycles. The summed E-state index contributed by atoms with van der Waals surface area (Å²) in [4.78, 5) is 23.9. The maximum Gasteiger partial charge on any atom is 0.307 e. The molecule has 0 heterocycles. The number of carbonyl (C=O) groups is 2. The molecule has 0 saturated carbocycles. The first-order valence-corrected chi connectivity index (χ1v) is 11.0. The van der Waals surface area contributed by atoms with E-state index in [4.69, 9.17) is 0 Å². The van der Waals surface area contributed by atoms with E-state index < -0.39 is 23.8 Å². The third kappa shape index (κ3) is 6.24. The summed E-state index contributed by atoms with van der Waals surface area (Å²) in [5.74, 6) is -4.18. The van der Waals surface area contributed by atoms with Crippen LogP contribution in [0.25, 0.3) is 11.1 Å². The van der Waals surface area contributed by atoms with Crippen LogP contribution in [0.15, 0.2) is 78.9 Å². The van der Waals surface area contributed by atoms with Gasteiger partial charge in [0.15, 0.2) is 0 Å². The molecule has 164 valence electrons. The van der Waals surface area contributed by atoms with E-state index in [1.165, 1.54) is 5.56 Å². The molecule has 0 saturated heterocycles. The van der Waals surface area contributed by atoms with Crippen LogP contribution in [0.4, 0.5) is 0 Å². The van der Waals surface area contributed by atoms with Gasteiger partial charge in [-0.15, -0.1) is 0 Å². The van der Waals surface area contributed by atoms with Gasteiger partial charge < -0.3 is 10.2 Å². The molecule has 3 aromatic rings. The van der Waals surface area contributed by atoms with Gasteiger partial charge >= 0.3 is 11.9 Å². The molecule has 0 radical (unpaired) electrons. The molecule has 0 spiro atoms. The van der Waals surface area contributed by atoms with Gasteiger partial charge in [-0.1, -0.05) is 78.9 Å². The third-order valence-electron chi connectivity index (χ3n) is 5.78. The fourth-order valence-electron chi connectivity index (χ4n) is 3.90. The van der Waals surface area contributed by atoms with Gasteiger partial charge in [0.1, 0.15) is 6.42 Å². The largest absolute Gasteiger partial charge is 0.481 e. The number of aliphatic carboxylic acids is 2. The van der Waals surface area contributed by atoms with Crippen LogP contribution < -0.4 is 0 Å². The Balaban J connectivity index is 1.73. The normalized spacial score (nSPS) is 12.7. The van der Waals surface area contributed by atoms with Crippen molar-refractivity contribution in [1.82, 2.24) is 0 Å². The number of carboxylic acid groups (broad SMARTS) is 2. The Morgan fingerprint density at radius 3 is 1.56 bits per heavy atom. The Morgan fingerprint density at radius 2 is 1.12 bits per heavy atom. The summed E-state index contributed by atoms with van der Waals surface area (Å²) in [7, 11) is 0. The van der Waals surface area contributed by atoms with Crippen LogP contribution in [-0.2, 0) is 28.9 Å². The summed E-state index contributed by atoms with van der Waals surface area (Å²) >= 11 is 0. The predicted molar refractivity (Wildman–Crippen MR) is 126 cm³/mol. The van der Waals surface area contributed by atoms with Gasteiger partial charge in [0.05, 0.1) is 24.7 Å². The van der Waals surface area contributed by atoms with E-state index in [1.807, 2.05) is 54.6 Å². The Kier molecular flexibility index (Phi) is 8.09. The standard InChI is InChI=1S/C28H28O4/c1-2-3-7-20-10-14-23(15-11-20)24-16-12-22(13-17-24)19-26(28(31)32)25(27(29)30)18-21-8-5-4-6-9-21/h3-6,8-17,25-26H,2,7,18-19H2,1H3,(H-,29,30,31,32)/p+1/t25-,26-/m0/s1. The highest BCUT2D eigenvalue weighted by atomic mass is 16.4. The van der Waals surface area contributed by atoms with Crippen LogP contribution in [0.5, 0.6) is 0 Å². The second kappa shape index (κ2) is 11.2. The maximum atomic E-state index is 12.0.